The fourth-order valence-electron chi connectivity index (χ4n) is 1.92. The number of rotatable bonds is 3. The summed E-state index contributed by atoms with van der Waals surface area (Å²) in [4.78, 5) is 0. The van der Waals surface area contributed by atoms with Crippen LogP contribution in [0.2, 0.25) is 15.1 Å². The molecule has 0 aliphatic rings. The van der Waals surface area contributed by atoms with Gasteiger partial charge in [-0.25, -0.2) is 0 Å². The molecule has 23 heavy (non-hydrogen) atoms. The van der Waals surface area contributed by atoms with Crippen molar-refractivity contribution in [2.24, 2.45) is 0 Å². The quantitative estimate of drug-likeness (QED) is 0.407. The molecule has 2 aromatic rings. The van der Waals surface area contributed by atoms with Crippen LogP contribution in [0, 0.1) is 0 Å². The second-order valence-corrected chi connectivity index (χ2v) is 5.44. The molecule has 0 atom stereocenters. The van der Waals surface area contributed by atoms with E-state index in [9.17, 15) is 22.0 Å². The molecule has 0 saturated heterocycles. The normalized spacial score (nSPS) is 11.9. The topological polar surface area (TPSA) is 9.23 Å². The minimum absolute atomic E-state index is 0.0113. The van der Waals surface area contributed by atoms with Crippen molar-refractivity contribution in [3.05, 3.63) is 51.0 Å². The molecule has 9 heteroatoms. The van der Waals surface area contributed by atoms with Gasteiger partial charge in [0.2, 0.25) is 0 Å². The van der Waals surface area contributed by atoms with Gasteiger partial charge < -0.3 is 4.74 Å². The van der Waals surface area contributed by atoms with Crippen molar-refractivity contribution in [2.45, 2.75) is 12.8 Å². The zero-order valence-corrected chi connectivity index (χ0v) is 13.2. The van der Waals surface area contributed by atoms with Crippen LogP contribution >= 0.6 is 34.8 Å². The Hall–Kier alpha value is -1.24. The summed E-state index contributed by atoms with van der Waals surface area (Å²) in [6.07, 6.45) is -4.89. The van der Waals surface area contributed by atoms with Gasteiger partial charge in [-0.2, -0.15) is 22.0 Å². The molecule has 0 unspecified atom stereocenters. The van der Waals surface area contributed by atoms with Crippen LogP contribution in [-0.2, 0) is 6.18 Å². The van der Waals surface area contributed by atoms with Gasteiger partial charge in [-0.05, 0) is 12.1 Å². The van der Waals surface area contributed by atoms with Crippen LogP contribution in [0.3, 0.4) is 0 Å². The summed E-state index contributed by atoms with van der Waals surface area (Å²) in [5.74, 6) is -1.03. The van der Waals surface area contributed by atoms with Crippen LogP contribution in [0.5, 0.6) is 5.75 Å². The van der Waals surface area contributed by atoms with Crippen LogP contribution in [0.15, 0.2) is 30.3 Å². The van der Waals surface area contributed by atoms with E-state index >= 15 is 0 Å². The number of hydrogen-bond acceptors (Lipinski definition) is 1. The highest BCUT2D eigenvalue weighted by Crippen LogP contribution is 2.46. The fraction of sp³-hybridized carbons (Fsp3) is 0.143. The van der Waals surface area contributed by atoms with E-state index < -0.39 is 24.1 Å². The van der Waals surface area contributed by atoms with Gasteiger partial charge in [0, 0.05) is 11.1 Å². The Morgan fingerprint density at radius 2 is 1.52 bits per heavy atom. The molecule has 1 nitrogen and oxygen atoms in total. The maximum absolute atomic E-state index is 13.0. The molecule has 2 aromatic carbocycles. The van der Waals surface area contributed by atoms with Crippen molar-refractivity contribution in [1.82, 2.24) is 0 Å². The Bertz CT molecular complexity index is 731. The van der Waals surface area contributed by atoms with Crippen molar-refractivity contribution < 1.29 is 26.7 Å². The monoisotopic (exact) mass is 390 g/mol. The Morgan fingerprint density at radius 1 is 0.870 bits per heavy atom. The summed E-state index contributed by atoms with van der Waals surface area (Å²) in [7, 11) is 0. The van der Waals surface area contributed by atoms with E-state index in [0.29, 0.717) is 6.07 Å². The zero-order chi connectivity index (χ0) is 17.4. The minimum atomic E-state index is -4.89. The second-order valence-electron chi connectivity index (χ2n) is 4.28. The molecule has 0 aliphatic heterocycles. The van der Waals surface area contributed by atoms with Crippen molar-refractivity contribution in [1.29, 1.82) is 0 Å². The summed E-state index contributed by atoms with van der Waals surface area (Å²) >= 11 is 17.6. The molecule has 124 valence electrons. The van der Waals surface area contributed by atoms with Gasteiger partial charge >= 0.3 is 12.8 Å². The van der Waals surface area contributed by atoms with Gasteiger partial charge in [-0.1, -0.05) is 53.0 Å². The summed E-state index contributed by atoms with van der Waals surface area (Å²) in [6.45, 7) is -3.45. The first-order valence-corrected chi connectivity index (χ1v) is 7.05. The molecular weight excluding hydrogens is 386 g/mol. The van der Waals surface area contributed by atoms with Crippen molar-refractivity contribution >= 4 is 34.8 Å². The van der Waals surface area contributed by atoms with Gasteiger partial charge in [0.25, 0.3) is 0 Å². The first-order chi connectivity index (χ1) is 10.6. The number of hydrogen-bond donors (Lipinski definition) is 0. The molecular formula is C14H6Cl3F5O. The number of benzene rings is 2. The molecule has 0 bridgehead atoms. The molecule has 0 heterocycles. The summed E-state index contributed by atoms with van der Waals surface area (Å²) in [5, 5.41) is -0.201. The largest absolute Gasteiger partial charge is 0.434 e. The Labute approximate surface area is 142 Å². The van der Waals surface area contributed by atoms with Crippen LogP contribution < -0.4 is 4.74 Å². The van der Waals surface area contributed by atoms with Crippen LogP contribution in [-0.4, -0.2) is 6.61 Å². The van der Waals surface area contributed by atoms with Gasteiger partial charge in [0.05, 0.1) is 20.6 Å². The highest BCUT2D eigenvalue weighted by molar-refractivity contribution is 6.49. The second kappa shape index (κ2) is 6.71. The van der Waals surface area contributed by atoms with Gasteiger partial charge in [-0.3, -0.25) is 0 Å². The predicted octanol–water partition coefficient (Wildman–Crippen LogP) is 6.93. The third-order valence-electron chi connectivity index (χ3n) is 2.85. The van der Waals surface area contributed by atoms with Crippen molar-refractivity contribution in [3.63, 3.8) is 0 Å². The SMILES string of the molecule is FC(F)Oc1c(-c2ccc(Cl)c(Cl)c2Cl)cccc1C(F)(F)F. The highest BCUT2D eigenvalue weighted by atomic mass is 35.5. The molecule has 0 N–H and O–H groups in total. The average Bonchev–Trinajstić information content (AvgIpc) is 2.44. The highest BCUT2D eigenvalue weighted by Gasteiger charge is 2.36. The summed E-state index contributed by atoms with van der Waals surface area (Å²) < 4.78 is 68.3. The first kappa shape index (κ1) is 18.1. The third kappa shape index (κ3) is 3.82. The van der Waals surface area contributed by atoms with E-state index in [2.05, 4.69) is 4.74 Å². The fourth-order valence-corrected chi connectivity index (χ4v) is 2.56. The van der Waals surface area contributed by atoms with Gasteiger partial charge in [-0.15, -0.1) is 0 Å². The lowest BCUT2D eigenvalue weighted by Crippen LogP contribution is -2.12. The van der Waals surface area contributed by atoms with Crippen molar-refractivity contribution in [3.8, 4) is 16.9 Å². The maximum atomic E-state index is 13.0. The van der Waals surface area contributed by atoms with E-state index in [1.165, 1.54) is 18.2 Å². The van der Waals surface area contributed by atoms with Crippen LogP contribution in [0.1, 0.15) is 5.56 Å². The van der Waals surface area contributed by atoms with E-state index in [0.717, 1.165) is 6.07 Å². The van der Waals surface area contributed by atoms with Gasteiger partial charge in [0.1, 0.15) is 5.75 Å². The molecule has 0 radical (unpaired) electrons. The van der Waals surface area contributed by atoms with E-state index in [1.54, 1.807) is 0 Å². The lowest BCUT2D eigenvalue weighted by atomic mass is 10.0. The molecule has 0 saturated carbocycles. The molecule has 0 aromatic heterocycles. The third-order valence-corrected chi connectivity index (χ3v) is 4.15. The minimum Gasteiger partial charge on any atom is -0.434 e. The molecule has 0 fully saturated rings. The Balaban J connectivity index is 2.75. The Morgan fingerprint density at radius 3 is 2.09 bits per heavy atom. The number of para-hydroxylation sites is 1. The van der Waals surface area contributed by atoms with E-state index in [4.69, 9.17) is 34.8 Å². The van der Waals surface area contributed by atoms with Gasteiger partial charge in [0.15, 0.2) is 0 Å². The number of ether oxygens (including phenoxy) is 1. The molecule has 0 amide bonds. The first-order valence-electron chi connectivity index (χ1n) is 5.91. The lowest BCUT2D eigenvalue weighted by Gasteiger charge is -2.18. The van der Waals surface area contributed by atoms with E-state index in [1.807, 2.05) is 0 Å². The Kier molecular flexibility index (Phi) is 5.28. The molecule has 2 rings (SSSR count). The van der Waals surface area contributed by atoms with Crippen molar-refractivity contribution in [2.75, 3.05) is 0 Å². The average molecular weight is 392 g/mol. The zero-order valence-electron chi connectivity index (χ0n) is 10.9. The predicted molar refractivity (Wildman–Crippen MR) is 78.5 cm³/mol. The van der Waals surface area contributed by atoms with Crippen LogP contribution in [0.25, 0.3) is 11.1 Å². The summed E-state index contributed by atoms with van der Waals surface area (Å²) in [5.41, 5.74) is -1.64. The lowest BCUT2D eigenvalue weighted by molar-refractivity contribution is -0.141. The molecule has 0 aliphatic carbocycles. The maximum Gasteiger partial charge on any atom is 0.419 e. The molecule has 0 spiro atoms. The van der Waals surface area contributed by atoms with E-state index in [-0.39, 0.29) is 26.2 Å². The smallest absolute Gasteiger partial charge is 0.419 e. The summed E-state index contributed by atoms with van der Waals surface area (Å²) in [6, 6.07) is 5.41. The van der Waals surface area contributed by atoms with Crippen LogP contribution in [0.4, 0.5) is 22.0 Å². The standard InChI is InChI=1S/C14H6Cl3F5O/c15-9-5-4-6(10(16)11(9)17)7-2-1-3-8(14(20,21)22)12(7)23-13(18)19/h1-5,13H. The number of alkyl halides is 5. The number of halogens is 8.